The van der Waals surface area contributed by atoms with Crippen molar-refractivity contribution in [1.82, 2.24) is 9.80 Å². The van der Waals surface area contributed by atoms with E-state index in [2.05, 4.69) is 0 Å². The third kappa shape index (κ3) is 4.73. The van der Waals surface area contributed by atoms with Gasteiger partial charge in [0.2, 0.25) is 11.8 Å². The van der Waals surface area contributed by atoms with E-state index in [9.17, 15) is 9.59 Å². The molecule has 6 nitrogen and oxygen atoms in total. The molecule has 2 amide bonds. The van der Waals surface area contributed by atoms with Crippen LogP contribution in [0.3, 0.4) is 0 Å². The number of para-hydroxylation sites is 1. The summed E-state index contributed by atoms with van der Waals surface area (Å²) in [5.41, 5.74) is 5.39. The first kappa shape index (κ1) is 16.3. The lowest BCUT2D eigenvalue weighted by Gasteiger charge is -2.34. The molecule has 1 fully saturated rings. The first-order chi connectivity index (χ1) is 10.7. The number of piperazine rings is 1. The van der Waals surface area contributed by atoms with E-state index in [0.29, 0.717) is 52.2 Å². The molecule has 2 rings (SSSR count). The van der Waals surface area contributed by atoms with Crippen LogP contribution in [0.2, 0.25) is 0 Å². The Bertz CT molecular complexity index is 485. The monoisotopic (exact) mass is 305 g/mol. The van der Waals surface area contributed by atoms with Crippen molar-refractivity contribution in [2.45, 2.75) is 12.8 Å². The number of benzene rings is 1. The molecule has 0 saturated carbocycles. The van der Waals surface area contributed by atoms with Gasteiger partial charge in [-0.15, -0.1) is 0 Å². The summed E-state index contributed by atoms with van der Waals surface area (Å²) in [5.74, 6) is 0.913. The standard InChI is InChI=1S/C16H23N3O3/c17-8-6-15(20)18-9-11-19(12-10-18)16(21)7-13-22-14-4-2-1-3-5-14/h1-5H,6-13,17H2. The molecule has 0 aliphatic carbocycles. The smallest absolute Gasteiger partial charge is 0.226 e. The van der Waals surface area contributed by atoms with Gasteiger partial charge in [-0.1, -0.05) is 18.2 Å². The van der Waals surface area contributed by atoms with Gasteiger partial charge in [0.1, 0.15) is 5.75 Å². The second-order valence-corrected chi connectivity index (χ2v) is 5.21. The zero-order valence-electron chi connectivity index (χ0n) is 12.7. The van der Waals surface area contributed by atoms with Crippen molar-refractivity contribution in [3.05, 3.63) is 30.3 Å². The largest absolute Gasteiger partial charge is 0.493 e. The molecule has 1 aliphatic heterocycles. The summed E-state index contributed by atoms with van der Waals surface area (Å²) >= 11 is 0. The molecule has 120 valence electrons. The first-order valence-electron chi connectivity index (χ1n) is 7.64. The Morgan fingerprint density at radius 3 is 2.05 bits per heavy atom. The van der Waals surface area contributed by atoms with Crippen LogP contribution in [0.4, 0.5) is 0 Å². The highest BCUT2D eigenvalue weighted by molar-refractivity contribution is 5.78. The highest BCUT2D eigenvalue weighted by atomic mass is 16.5. The number of hydrogen-bond donors (Lipinski definition) is 1. The molecular weight excluding hydrogens is 282 g/mol. The summed E-state index contributed by atoms with van der Waals surface area (Å²) in [5, 5.41) is 0. The maximum Gasteiger partial charge on any atom is 0.226 e. The van der Waals surface area contributed by atoms with Crippen LogP contribution in [0.15, 0.2) is 30.3 Å². The number of hydrogen-bond acceptors (Lipinski definition) is 4. The van der Waals surface area contributed by atoms with E-state index in [4.69, 9.17) is 10.5 Å². The van der Waals surface area contributed by atoms with E-state index in [1.54, 1.807) is 9.80 Å². The van der Waals surface area contributed by atoms with Gasteiger partial charge in [-0.2, -0.15) is 0 Å². The SMILES string of the molecule is NCCC(=O)N1CCN(C(=O)CCOc2ccccc2)CC1. The van der Waals surface area contributed by atoms with E-state index in [1.165, 1.54) is 0 Å². The maximum absolute atomic E-state index is 12.1. The molecule has 1 heterocycles. The molecule has 1 aromatic carbocycles. The summed E-state index contributed by atoms with van der Waals surface area (Å²) in [6.07, 6.45) is 0.727. The topological polar surface area (TPSA) is 75.9 Å². The molecule has 0 atom stereocenters. The lowest BCUT2D eigenvalue weighted by atomic mass is 10.2. The van der Waals surface area contributed by atoms with Gasteiger partial charge in [-0.25, -0.2) is 0 Å². The fourth-order valence-corrected chi connectivity index (χ4v) is 2.42. The molecule has 0 aromatic heterocycles. The third-order valence-electron chi connectivity index (χ3n) is 3.67. The van der Waals surface area contributed by atoms with Crippen LogP contribution < -0.4 is 10.5 Å². The summed E-state index contributed by atoms with van der Waals surface area (Å²) in [4.78, 5) is 27.4. The zero-order chi connectivity index (χ0) is 15.8. The Kier molecular flexibility index (Phi) is 6.21. The van der Waals surface area contributed by atoms with E-state index in [1.807, 2.05) is 30.3 Å². The number of ether oxygens (including phenoxy) is 1. The predicted molar refractivity (Wildman–Crippen MR) is 83.4 cm³/mol. The molecule has 2 N–H and O–H groups in total. The minimum Gasteiger partial charge on any atom is -0.493 e. The molecule has 0 radical (unpaired) electrons. The van der Waals surface area contributed by atoms with Crippen molar-refractivity contribution in [3.63, 3.8) is 0 Å². The lowest BCUT2D eigenvalue weighted by Crippen LogP contribution is -2.51. The molecule has 0 spiro atoms. The van der Waals surface area contributed by atoms with Crippen molar-refractivity contribution in [2.75, 3.05) is 39.3 Å². The zero-order valence-corrected chi connectivity index (χ0v) is 12.7. The quantitative estimate of drug-likeness (QED) is 0.829. The van der Waals surface area contributed by atoms with Crippen LogP contribution in [-0.4, -0.2) is 60.9 Å². The average molecular weight is 305 g/mol. The molecule has 0 unspecified atom stereocenters. The highest BCUT2D eigenvalue weighted by Gasteiger charge is 2.23. The van der Waals surface area contributed by atoms with E-state index in [-0.39, 0.29) is 11.8 Å². The Hall–Kier alpha value is -2.08. The summed E-state index contributed by atoms with van der Waals surface area (Å²) in [6.45, 7) is 3.08. The van der Waals surface area contributed by atoms with Crippen LogP contribution in [0, 0.1) is 0 Å². The van der Waals surface area contributed by atoms with E-state index < -0.39 is 0 Å². The number of rotatable bonds is 6. The summed E-state index contributed by atoms with van der Waals surface area (Å²) in [7, 11) is 0. The lowest BCUT2D eigenvalue weighted by molar-refractivity contribution is -0.139. The van der Waals surface area contributed by atoms with Crippen LogP contribution in [-0.2, 0) is 9.59 Å². The molecule has 1 saturated heterocycles. The minimum atomic E-state index is 0.0712. The van der Waals surface area contributed by atoms with Crippen molar-refractivity contribution in [2.24, 2.45) is 5.73 Å². The summed E-state index contributed by atoms with van der Waals surface area (Å²) in [6, 6.07) is 9.45. The van der Waals surface area contributed by atoms with Crippen molar-refractivity contribution < 1.29 is 14.3 Å². The minimum absolute atomic E-state index is 0.0712. The Labute approximate surface area is 130 Å². The van der Waals surface area contributed by atoms with Crippen molar-refractivity contribution >= 4 is 11.8 Å². The van der Waals surface area contributed by atoms with Crippen molar-refractivity contribution in [1.29, 1.82) is 0 Å². The van der Waals surface area contributed by atoms with E-state index in [0.717, 1.165) is 5.75 Å². The van der Waals surface area contributed by atoms with E-state index >= 15 is 0 Å². The number of nitrogens with two attached hydrogens (primary N) is 1. The Morgan fingerprint density at radius 1 is 0.955 bits per heavy atom. The number of carbonyl (C=O) groups excluding carboxylic acids is 2. The van der Waals surface area contributed by atoms with Gasteiger partial charge >= 0.3 is 0 Å². The maximum atomic E-state index is 12.1. The second-order valence-electron chi connectivity index (χ2n) is 5.21. The van der Waals surface area contributed by atoms with Gasteiger partial charge in [0.15, 0.2) is 0 Å². The molecule has 22 heavy (non-hydrogen) atoms. The van der Waals surface area contributed by atoms with Gasteiger partial charge < -0.3 is 20.3 Å². The summed E-state index contributed by atoms with van der Waals surface area (Å²) < 4.78 is 5.53. The van der Waals surface area contributed by atoms with Crippen LogP contribution >= 0.6 is 0 Å². The van der Waals surface area contributed by atoms with Gasteiger partial charge in [-0.3, -0.25) is 9.59 Å². The average Bonchev–Trinajstić information content (AvgIpc) is 2.56. The molecule has 6 heteroatoms. The van der Waals surface area contributed by atoms with Gasteiger partial charge in [0.25, 0.3) is 0 Å². The number of nitrogens with zero attached hydrogens (tertiary/aromatic N) is 2. The van der Waals surface area contributed by atoms with Gasteiger partial charge in [-0.05, 0) is 12.1 Å². The fourth-order valence-electron chi connectivity index (χ4n) is 2.42. The second kappa shape index (κ2) is 8.38. The third-order valence-corrected chi connectivity index (χ3v) is 3.67. The van der Waals surface area contributed by atoms with Crippen LogP contribution in [0.5, 0.6) is 5.75 Å². The molecule has 0 bridgehead atoms. The van der Waals surface area contributed by atoms with Crippen LogP contribution in [0.25, 0.3) is 0 Å². The fraction of sp³-hybridized carbons (Fsp3) is 0.500. The Balaban J connectivity index is 1.68. The molecule has 1 aromatic rings. The number of carbonyl (C=O) groups is 2. The van der Waals surface area contributed by atoms with Gasteiger partial charge in [0, 0.05) is 39.1 Å². The Morgan fingerprint density at radius 2 is 1.50 bits per heavy atom. The van der Waals surface area contributed by atoms with Crippen molar-refractivity contribution in [3.8, 4) is 5.75 Å². The first-order valence-corrected chi connectivity index (χ1v) is 7.64. The van der Waals surface area contributed by atoms with Gasteiger partial charge in [0.05, 0.1) is 13.0 Å². The van der Waals surface area contributed by atoms with Crippen LogP contribution in [0.1, 0.15) is 12.8 Å². The molecular formula is C16H23N3O3. The normalized spacial score (nSPS) is 14.8. The number of amides is 2. The molecule has 1 aliphatic rings. The predicted octanol–water partition coefficient (Wildman–Crippen LogP) is 0.475. The highest BCUT2D eigenvalue weighted by Crippen LogP contribution is 2.10.